The Hall–Kier alpha value is -0.790. The molecular weight excluding hydrogens is 284 g/mol. The fourth-order valence-electron chi connectivity index (χ4n) is 2.27. The molecule has 0 aromatic carbocycles. The molecule has 1 aliphatic rings. The van der Waals surface area contributed by atoms with Crippen LogP contribution in [-0.2, 0) is 14.8 Å². The number of carbonyl (C=O) groups excluding carboxylic acids is 1. The Morgan fingerprint density at radius 2 is 2.21 bits per heavy atom. The van der Waals surface area contributed by atoms with E-state index >= 15 is 0 Å². The highest BCUT2D eigenvalue weighted by Crippen LogP contribution is 2.29. The second-order valence-electron chi connectivity index (χ2n) is 5.12. The van der Waals surface area contributed by atoms with Gasteiger partial charge >= 0.3 is 0 Å². The van der Waals surface area contributed by atoms with E-state index in [0.29, 0.717) is 18.7 Å². The van der Waals surface area contributed by atoms with E-state index in [0.717, 1.165) is 18.0 Å². The molecular formula is C12H18N2O3S2. The van der Waals surface area contributed by atoms with E-state index in [2.05, 4.69) is 4.37 Å². The lowest BCUT2D eigenvalue weighted by Crippen LogP contribution is -2.41. The predicted molar refractivity (Wildman–Crippen MR) is 73.6 cm³/mol. The number of aryl methyl sites for hydroxylation is 1. The van der Waals surface area contributed by atoms with Crippen molar-refractivity contribution < 1.29 is 13.2 Å². The SMILES string of the molecule is Cc1cc(S(=O)(=O)N2CCCC2C(=O)C(C)C)sn1. The quantitative estimate of drug-likeness (QED) is 0.851. The van der Waals surface area contributed by atoms with E-state index in [1.807, 2.05) is 13.8 Å². The summed E-state index contributed by atoms with van der Waals surface area (Å²) in [6.45, 7) is 5.79. The monoisotopic (exact) mass is 302 g/mol. The Morgan fingerprint density at radius 3 is 2.74 bits per heavy atom. The van der Waals surface area contributed by atoms with Crippen molar-refractivity contribution in [1.29, 1.82) is 0 Å². The van der Waals surface area contributed by atoms with E-state index in [4.69, 9.17) is 0 Å². The minimum absolute atomic E-state index is 0.00214. The Labute approximate surface area is 117 Å². The summed E-state index contributed by atoms with van der Waals surface area (Å²) in [5.41, 5.74) is 0.689. The summed E-state index contributed by atoms with van der Waals surface area (Å²) in [4.78, 5) is 12.1. The van der Waals surface area contributed by atoms with E-state index in [1.54, 1.807) is 13.0 Å². The average molecular weight is 302 g/mol. The number of ketones is 1. The van der Waals surface area contributed by atoms with Gasteiger partial charge in [-0.1, -0.05) is 13.8 Å². The third-order valence-electron chi connectivity index (χ3n) is 3.27. The molecule has 0 amide bonds. The molecule has 2 rings (SSSR count). The molecule has 1 fully saturated rings. The van der Waals surface area contributed by atoms with Crippen LogP contribution in [0.4, 0.5) is 0 Å². The second-order valence-corrected chi connectivity index (χ2v) is 8.04. The van der Waals surface area contributed by atoms with Crippen molar-refractivity contribution in [3.05, 3.63) is 11.8 Å². The maximum absolute atomic E-state index is 12.5. The molecule has 1 aliphatic heterocycles. The third-order valence-corrected chi connectivity index (χ3v) is 6.48. The van der Waals surface area contributed by atoms with Gasteiger partial charge < -0.3 is 0 Å². The number of carbonyl (C=O) groups is 1. The molecule has 1 saturated heterocycles. The molecule has 0 bridgehead atoms. The molecule has 106 valence electrons. The van der Waals surface area contributed by atoms with Crippen molar-refractivity contribution in [3.63, 3.8) is 0 Å². The maximum atomic E-state index is 12.5. The van der Waals surface area contributed by atoms with E-state index in [-0.39, 0.29) is 15.9 Å². The number of sulfonamides is 1. The molecule has 1 atom stereocenters. The fraction of sp³-hybridized carbons (Fsp3) is 0.667. The van der Waals surface area contributed by atoms with Crippen LogP contribution in [0.1, 0.15) is 32.4 Å². The van der Waals surface area contributed by atoms with Gasteiger partial charge in [0.25, 0.3) is 10.0 Å². The van der Waals surface area contributed by atoms with Crippen LogP contribution in [0, 0.1) is 12.8 Å². The molecule has 0 radical (unpaired) electrons. The lowest BCUT2D eigenvalue weighted by molar-refractivity contribution is -0.125. The summed E-state index contributed by atoms with van der Waals surface area (Å²) in [5.74, 6) is -0.147. The van der Waals surface area contributed by atoms with Gasteiger partial charge in [-0.25, -0.2) is 8.42 Å². The summed E-state index contributed by atoms with van der Waals surface area (Å²) in [6, 6.07) is 1.06. The molecule has 0 saturated carbocycles. The van der Waals surface area contributed by atoms with E-state index in [1.165, 1.54) is 4.31 Å². The first-order valence-corrected chi connectivity index (χ1v) is 8.54. The van der Waals surface area contributed by atoms with Gasteiger partial charge in [0.15, 0.2) is 9.99 Å². The summed E-state index contributed by atoms with van der Waals surface area (Å²) in [6.07, 6.45) is 1.36. The Morgan fingerprint density at radius 1 is 1.53 bits per heavy atom. The van der Waals surface area contributed by atoms with Gasteiger partial charge in [0.05, 0.1) is 11.7 Å². The fourth-order valence-corrected chi connectivity index (χ4v) is 5.02. The number of nitrogens with zero attached hydrogens (tertiary/aromatic N) is 2. The van der Waals surface area contributed by atoms with Crippen LogP contribution in [0.25, 0.3) is 0 Å². The van der Waals surface area contributed by atoms with Crippen molar-refractivity contribution in [2.24, 2.45) is 5.92 Å². The molecule has 19 heavy (non-hydrogen) atoms. The summed E-state index contributed by atoms with van der Waals surface area (Å²) in [7, 11) is -3.58. The summed E-state index contributed by atoms with van der Waals surface area (Å²) in [5, 5.41) is 0. The first-order valence-electron chi connectivity index (χ1n) is 6.33. The first-order chi connectivity index (χ1) is 8.84. The molecule has 1 aromatic rings. The molecule has 1 aromatic heterocycles. The number of aromatic nitrogens is 1. The van der Waals surface area contributed by atoms with Crippen LogP contribution in [0.3, 0.4) is 0 Å². The van der Waals surface area contributed by atoms with Gasteiger partial charge in [0, 0.05) is 12.5 Å². The minimum atomic E-state index is -3.58. The molecule has 5 nitrogen and oxygen atoms in total. The van der Waals surface area contributed by atoms with Gasteiger partial charge in [-0.15, -0.1) is 0 Å². The van der Waals surface area contributed by atoms with Crippen LogP contribution >= 0.6 is 11.5 Å². The first kappa shape index (κ1) is 14.6. The Bertz CT molecular complexity index is 578. The molecule has 0 N–H and O–H groups in total. The highest BCUT2D eigenvalue weighted by Gasteiger charge is 2.40. The number of hydrogen-bond donors (Lipinski definition) is 0. The highest BCUT2D eigenvalue weighted by molar-refractivity contribution is 7.91. The molecule has 0 aliphatic carbocycles. The van der Waals surface area contributed by atoms with Crippen molar-refractivity contribution in [2.45, 2.75) is 43.9 Å². The van der Waals surface area contributed by atoms with Crippen LogP contribution in [0.5, 0.6) is 0 Å². The number of Topliss-reactive ketones (excluding diaryl/α,β-unsaturated/α-hetero) is 1. The number of rotatable bonds is 4. The highest BCUT2D eigenvalue weighted by atomic mass is 32.2. The summed E-state index contributed by atoms with van der Waals surface area (Å²) < 4.78 is 30.6. The average Bonchev–Trinajstić information content (AvgIpc) is 2.96. The van der Waals surface area contributed by atoms with Gasteiger partial charge in [-0.3, -0.25) is 4.79 Å². The Kier molecular flexibility index (Phi) is 4.08. The second kappa shape index (κ2) is 5.30. The smallest absolute Gasteiger partial charge is 0.254 e. The third kappa shape index (κ3) is 2.73. The van der Waals surface area contributed by atoms with Crippen LogP contribution < -0.4 is 0 Å². The minimum Gasteiger partial charge on any atom is -0.298 e. The predicted octanol–water partition coefficient (Wildman–Crippen LogP) is 1.83. The van der Waals surface area contributed by atoms with Crippen molar-refractivity contribution in [3.8, 4) is 0 Å². The van der Waals surface area contributed by atoms with Crippen LogP contribution in [0.15, 0.2) is 10.3 Å². The number of hydrogen-bond acceptors (Lipinski definition) is 5. The molecule has 7 heteroatoms. The zero-order chi connectivity index (χ0) is 14.2. The lowest BCUT2D eigenvalue weighted by Gasteiger charge is -2.23. The van der Waals surface area contributed by atoms with E-state index in [9.17, 15) is 13.2 Å². The van der Waals surface area contributed by atoms with Gasteiger partial charge in [0.2, 0.25) is 0 Å². The van der Waals surface area contributed by atoms with Crippen molar-refractivity contribution in [1.82, 2.24) is 8.68 Å². The van der Waals surface area contributed by atoms with Crippen LogP contribution in [0.2, 0.25) is 0 Å². The Balaban J connectivity index is 2.32. The standard InChI is InChI=1S/C12H18N2O3S2/c1-8(2)12(15)10-5-4-6-14(10)19(16,17)11-7-9(3)13-18-11/h7-8,10H,4-6H2,1-3H3. The lowest BCUT2D eigenvalue weighted by atomic mass is 10.0. The van der Waals surface area contributed by atoms with Gasteiger partial charge in [0.1, 0.15) is 0 Å². The van der Waals surface area contributed by atoms with Crippen molar-refractivity contribution in [2.75, 3.05) is 6.54 Å². The molecule has 2 heterocycles. The summed E-state index contributed by atoms with van der Waals surface area (Å²) >= 11 is 0.975. The van der Waals surface area contributed by atoms with Crippen molar-refractivity contribution >= 4 is 27.3 Å². The zero-order valence-corrected chi connectivity index (χ0v) is 12.9. The molecule has 1 unspecified atom stereocenters. The molecule has 0 spiro atoms. The van der Waals surface area contributed by atoms with E-state index < -0.39 is 16.1 Å². The van der Waals surface area contributed by atoms with Gasteiger partial charge in [-0.05, 0) is 37.4 Å². The largest absolute Gasteiger partial charge is 0.298 e. The van der Waals surface area contributed by atoms with Gasteiger partial charge in [-0.2, -0.15) is 8.68 Å². The van der Waals surface area contributed by atoms with Crippen LogP contribution in [-0.4, -0.2) is 35.5 Å². The maximum Gasteiger partial charge on any atom is 0.254 e. The zero-order valence-electron chi connectivity index (χ0n) is 11.3. The normalized spacial score (nSPS) is 21.2. The topological polar surface area (TPSA) is 67.3 Å².